The van der Waals surface area contributed by atoms with Crippen LogP contribution in [0.25, 0.3) is 0 Å². The van der Waals surface area contributed by atoms with Crippen molar-refractivity contribution in [2.45, 2.75) is 213 Å². The zero-order valence-corrected chi connectivity index (χ0v) is 41.5. The number of ether oxygens (including phenoxy) is 2. The highest BCUT2D eigenvalue weighted by atomic mass is 31.2. The van der Waals surface area contributed by atoms with Gasteiger partial charge in [0, 0.05) is 12.8 Å². The number of carbonyl (C=O) groups excluding carboxylic acids is 2. The first kappa shape index (κ1) is 59.7. The first-order chi connectivity index (χ1) is 30.0. The lowest BCUT2D eigenvalue weighted by molar-refractivity contribution is -0.870. The minimum absolute atomic E-state index is 0.0291. The molecule has 0 bridgehead atoms. The van der Waals surface area contributed by atoms with Gasteiger partial charge in [0.05, 0.1) is 27.7 Å². The van der Waals surface area contributed by atoms with Crippen molar-refractivity contribution in [1.82, 2.24) is 0 Å². The summed E-state index contributed by atoms with van der Waals surface area (Å²) in [6.07, 6.45) is 54.3. The number of allylic oxidation sites excluding steroid dienone is 10. The van der Waals surface area contributed by atoms with Crippen LogP contribution in [0.15, 0.2) is 60.8 Å². The Morgan fingerprint density at radius 3 is 1.39 bits per heavy atom. The molecule has 2 atom stereocenters. The summed E-state index contributed by atoms with van der Waals surface area (Å²) in [5, 5.41) is 0. The molecule has 0 saturated heterocycles. The van der Waals surface area contributed by atoms with Gasteiger partial charge in [-0.05, 0) is 70.6 Å². The highest BCUT2D eigenvalue weighted by molar-refractivity contribution is 7.47. The molecule has 360 valence electrons. The third-order valence-electron chi connectivity index (χ3n) is 10.5. The van der Waals surface area contributed by atoms with Crippen LogP contribution >= 0.6 is 7.82 Å². The van der Waals surface area contributed by atoms with Crippen LogP contribution in [0.2, 0.25) is 0 Å². The lowest BCUT2D eigenvalue weighted by Crippen LogP contribution is -2.37. The van der Waals surface area contributed by atoms with Gasteiger partial charge in [0.2, 0.25) is 0 Å². The van der Waals surface area contributed by atoms with E-state index in [9.17, 15) is 19.0 Å². The van der Waals surface area contributed by atoms with E-state index in [1.54, 1.807) is 0 Å². The first-order valence-corrected chi connectivity index (χ1v) is 26.5. The van der Waals surface area contributed by atoms with E-state index in [4.69, 9.17) is 18.5 Å². The summed E-state index contributed by atoms with van der Waals surface area (Å²) in [6, 6.07) is 0. The zero-order valence-electron chi connectivity index (χ0n) is 40.6. The van der Waals surface area contributed by atoms with E-state index in [-0.39, 0.29) is 32.0 Å². The summed E-state index contributed by atoms with van der Waals surface area (Å²) < 4.78 is 34.4. The van der Waals surface area contributed by atoms with E-state index in [2.05, 4.69) is 74.6 Å². The third kappa shape index (κ3) is 47.2. The minimum Gasteiger partial charge on any atom is -0.462 e. The van der Waals surface area contributed by atoms with E-state index in [1.807, 2.05) is 21.1 Å². The van der Waals surface area contributed by atoms with E-state index in [0.29, 0.717) is 17.4 Å². The SMILES string of the molecule is CC/C=C\C/C=C\C/C=C\C/C=C\CCCCCCCCCCCCCCCCC(=O)OC(COC(=O)CCCCCCC/C=C\CCCC)COP(=O)(O)OCC[N+](C)(C)C. The molecule has 0 aromatic heterocycles. The molecule has 0 aliphatic heterocycles. The first-order valence-electron chi connectivity index (χ1n) is 25.0. The molecule has 62 heavy (non-hydrogen) atoms. The number of likely N-dealkylation sites (N-methyl/N-ethyl adjacent to an activating group) is 1. The molecule has 10 heteroatoms. The van der Waals surface area contributed by atoms with Crippen molar-refractivity contribution < 1.29 is 42.1 Å². The Morgan fingerprint density at radius 2 is 0.919 bits per heavy atom. The summed E-state index contributed by atoms with van der Waals surface area (Å²) in [7, 11) is 1.47. The largest absolute Gasteiger partial charge is 0.472 e. The highest BCUT2D eigenvalue weighted by Crippen LogP contribution is 2.43. The van der Waals surface area contributed by atoms with Gasteiger partial charge in [-0.1, -0.05) is 184 Å². The normalized spacial score (nSPS) is 14.0. The summed E-state index contributed by atoms with van der Waals surface area (Å²) in [5.41, 5.74) is 0. The van der Waals surface area contributed by atoms with Gasteiger partial charge in [-0.25, -0.2) is 4.57 Å². The van der Waals surface area contributed by atoms with E-state index in [1.165, 1.54) is 83.5 Å². The average molecular weight is 893 g/mol. The molecule has 0 aliphatic carbocycles. The number of phosphoric ester groups is 1. The topological polar surface area (TPSA) is 108 Å². The molecule has 9 nitrogen and oxygen atoms in total. The number of rotatable bonds is 45. The van der Waals surface area contributed by atoms with Crippen LogP contribution in [-0.2, 0) is 32.7 Å². The number of esters is 2. The predicted molar refractivity (Wildman–Crippen MR) is 261 cm³/mol. The number of carbonyl (C=O) groups is 2. The second kappa shape index (κ2) is 43.9. The Labute approximate surface area is 381 Å². The second-order valence-corrected chi connectivity index (χ2v) is 19.3. The number of unbranched alkanes of at least 4 members (excludes halogenated alkanes) is 21. The van der Waals surface area contributed by atoms with Crippen molar-refractivity contribution in [3.05, 3.63) is 60.8 Å². The van der Waals surface area contributed by atoms with Crippen molar-refractivity contribution in [1.29, 1.82) is 0 Å². The maximum Gasteiger partial charge on any atom is 0.472 e. The number of phosphoric acid groups is 1. The lowest BCUT2D eigenvalue weighted by Gasteiger charge is -2.24. The minimum atomic E-state index is -4.38. The van der Waals surface area contributed by atoms with Crippen molar-refractivity contribution in [2.24, 2.45) is 0 Å². The number of hydrogen-bond donors (Lipinski definition) is 1. The molecule has 1 N–H and O–H groups in total. The maximum atomic E-state index is 12.7. The summed E-state index contributed by atoms with van der Waals surface area (Å²) in [4.78, 5) is 35.4. The maximum absolute atomic E-state index is 12.7. The van der Waals surface area contributed by atoms with Crippen LogP contribution in [0.5, 0.6) is 0 Å². The fourth-order valence-corrected chi connectivity index (χ4v) is 7.38. The van der Waals surface area contributed by atoms with Gasteiger partial charge in [0.25, 0.3) is 0 Å². The Hall–Kier alpha value is -2.29. The van der Waals surface area contributed by atoms with Crippen molar-refractivity contribution in [3.63, 3.8) is 0 Å². The molecule has 0 saturated carbocycles. The molecule has 0 aromatic carbocycles. The molecule has 0 radical (unpaired) electrons. The standard InChI is InChI=1S/C52H94NO8P/c1-6-8-10-12-14-16-18-19-20-21-22-23-24-25-26-27-28-29-30-31-32-33-35-37-39-41-43-45-52(55)61-50(49-60-62(56,57)59-47-46-53(3,4)5)48-58-51(54)44-42-40-38-36-34-17-15-13-11-9-7-2/h8,10,13-16,19-20,22-23,50H,6-7,9,11-12,17-18,21,24-49H2,1-5H3/p+1/b10-8-,15-13-,16-14-,20-19-,23-22-. The van der Waals surface area contributed by atoms with Crippen molar-refractivity contribution in [3.8, 4) is 0 Å². The van der Waals surface area contributed by atoms with E-state index < -0.39 is 26.5 Å². The van der Waals surface area contributed by atoms with Crippen LogP contribution in [0.3, 0.4) is 0 Å². The molecule has 0 rings (SSSR count). The highest BCUT2D eigenvalue weighted by Gasteiger charge is 2.27. The molecule has 0 heterocycles. The van der Waals surface area contributed by atoms with Crippen LogP contribution in [0, 0.1) is 0 Å². The molecule has 0 aliphatic rings. The molecule has 0 spiro atoms. The van der Waals surface area contributed by atoms with Crippen LogP contribution in [-0.4, -0.2) is 74.9 Å². The smallest absolute Gasteiger partial charge is 0.462 e. The number of nitrogens with zero attached hydrogens (tertiary/aromatic N) is 1. The van der Waals surface area contributed by atoms with Gasteiger partial charge in [-0.3, -0.25) is 18.6 Å². The molecular weight excluding hydrogens is 798 g/mol. The van der Waals surface area contributed by atoms with Gasteiger partial charge in [0.15, 0.2) is 6.10 Å². The monoisotopic (exact) mass is 893 g/mol. The number of quaternary nitrogens is 1. The number of hydrogen-bond acceptors (Lipinski definition) is 7. The lowest BCUT2D eigenvalue weighted by atomic mass is 10.0. The fourth-order valence-electron chi connectivity index (χ4n) is 6.63. The van der Waals surface area contributed by atoms with Crippen molar-refractivity contribution >= 4 is 19.8 Å². The van der Waals surface area contributed by atoms with Gasteiger partial charge in [-0.15, -0.1) is 0 Å². The molecule has 0 fully saturated rings. The van der Waals surface area contributed by atoms with Crippen LogP contribution in [0.4, 0.5) is 0 Å². The van der Waals surface area contributed by atoms with Gasteiger partial charge < -0.3 is 18.9 Å². The van der Waals surface area contributed by atoms with Gasteiger partial charge in [0.1, 0.15) is 19.8 Å². The van der Waals surface area contributed by atoms with Gasteiger partial charge >= 0.3 is 19.8 Å². The quantitative estimate of drug-likeness (QED) is 0.0212. The predicted octanol–water partition coefficient (Wildman–Crippen LogP) is 14.8. The Bertz CT molecular complexity index is 1240. The summed E-state index contributed by atoms with van der Waals surface area (Å²) >= 11 is 0. The third-order valence-corrected chi connectivity index (χ3v) is 11.5. The Morgan fingerprint density at radius 1 is 0.516 bits per heavy atom. The van der Waals surface area contributed by atoms with Crippen LogP contribution in [0.1, 0.15) is 206 Å². The second-order valence-electron chi connectivity index (χ2n) is 17.8. The zero-order chi connectivity index (χ0) is 45.7. The van der Waals surface area contributed by atoms with E-state index in [0.717, 1.165) is 89.9 Å². The molecule has 0 amide bonds. The Balaban J connectivity index is 4.14. The van der Waals surface area contributed by atoms with Crippen LogP contribution < -0.4 is 0 Å². The Kier molecular flexibility index (Phi) is 42.3. The summed E-state index contributed by atoms with van der Waals surface area (Å²) in [5.74, 6) is -0.810. The molecular formula is C52H95NO8P+. The molecule has 2 unspecified atom stereocenters. The summed E-state index contributed by atoms with van der Waals surface area (Å²) in [6.45, 7) is 4.27. The average Bonchev–Trinajstić information content (AvgIpc) is 3.23. The van der Waals surface area contributed by atoms with E-state index >= 15 is 0 Å². The van der Waals surface area contributed by atoms with Crippen molar-refractivity contribution in [2.75, 3.05) is 47.5 Å². The molecule has 0 aromatic rings. The van der Waals surface area contributed by atoms with Gasteiger partial charge in [-0.2, -0.15) is 0 Å². The fraction of sp³-hybridized carbons (Fsp3) is 0.769.